The number of rotatable bonds is 5. The molecule has 0 N–H and O–H groups in total. The molecular formula is C13H22ClN3O2S. The summed E-state index contributed by atoms with van der Waals surface area (Å²) < 4.78 is 28.8. The third-order valence-electron chi connectivity index (χ3n) is 4.09. The maximum Gasteiger partial charge on any atom is 0.246 e. The highest BCUT2D eigenvalue weighted by Crippen LogP contribution is 2.29. The molecule has 0 saturated heterocycles. The maximum absolute atomic E-state index is 12.8. The van der Waals surface area contributed by atoms with Gasteiger partial charge in [-0.1, -0.05) is 12.8 Å². The van der Waals surface area contributed by atoms with Crippen molar-refractivity contribution in [2.45, 2.75) is 57.0 Å². The minimum absolute atomic E-state index is 0.121. The van der Waals surface area contributed by atoms with Crippen molar-refractivity contribution >= 4 is 21.6 Å². The molecule has 0 spiro atoms. The quantitative estimate of drug-likeness (QED) is 0.783. The van der Waals surface area contributed by atoms with Gasteiger partial charge in [0.1, 0.15) is 4.90 Å². The Morgan fingerprint density at radius 2 is 1.95 bits per heavy atom. The Morgan fingerprint density at radius 3 is 2.50 bits per heavy atom. The second-order valence-corrected chi connectivity index (χ2v) is 7.68. The second-order valence-electron chi connectivity index (χ2n) is 5.37. The Labute approximate surface area is 126 Å². The van der Waals surface area contributed by atoms with Gasteiger partial charge in [-0.2, -0.15) is 9.40 Å². The van der Waals surface area contributed by atoms with Crippen LogP contribution in [0.1, 0.15) is 37.1 Å². The first-order valence-electron chi connectivity index (χ1n) is 6.97. The molecule has 1 heterocycles. The average molecular weight is 320 g/mol. The van der Waals surface area contributed by atoms with Crippen LogP contribution >= 0.6 is 11.6 Å². The number of nitrogens with zero attached hydrogens (tertiary/aromatic N) is 3. The zero-order valence-corrected chi connectivity index (χ0v) is 13.8. The van der Waals surface area contributed by atoms with E-state index in [1.54, 1.807) is 25.6 Å². The molecule has 0 atom stereocenters. The summed E-state index contributed by atoms with van der Waals surface area (Å²) >= 11 is 5.73. The summed E-state index contributed by atoms with van der Waals surface area (Å²) in [6, 6.07) is 0.121. The first kappa shape index (κ1) is 15.8. The predicted molar refractivity (Wildman–Crippen MR) is 79.6 cm³/mol. The highest BCUT2D eigenvalue weighted by Gasteiger charge is 2.34. The highest BCUT2D eigenvalue weighted by atomic mass is 35.5. The summed E-state index contributed by atoms with van der Waals surface area (Å²) in [5.74, 6) is 0.417. The molecule has 0 unspecified atom stereocenters. The first-order valence-corrected chi connectivity index (χ1v) is 8.95. The second kappa shape index (κ2) is 6.03. The topological polar surface area (TPSA) is 55.2 Å². The van der Waals surface area contributed by atoms with E-state index >= 15 is 0 Å². The Bertz CT molecular complexity index is 577. The normalized spacial score (nSPS) is 17.2. The fourth-order valence-electron chi connectivity index (χ4n) is 2.96. The van der Waals surface area contributed by atoms with Gasteiger partial charge in [-0.25, -0.2) is 8.42 Å². The van der Waals surface area contributed by atoms with Crippen molar-refractivity contribution in [1.29, 1.82) is 0 Å². The number of hydrogen-bond donors (Lipinski definition) is 0. The summed E-state index contributed by atoms with van der Waals surface area (Å²) in [5, 5.41) is 4.30. The standard InChI is InChI=1S/C13H22ClN3O2S/c1-10-13(11(2)17(15-10)9-8-14)20(18,19)16(3)12-6-4-5-7-12/h12H,4-9H2,1-3H3. The Kier molecular flexibility index (Phi) is 4.76. The zero-order chi connectivity index (χ0) is 14.9. The van der Waals surface area contributed by atoms with Gasteiger partial charge >= 0.3 is 0 Å². The van der Waals surface area contributed by atoms with E-state index in [0.717, 1.165) is 25.7 Å². The first-order chi connectivity index (χ1) is 9.39. The van der Waals surface area contributed by atoms with Crippen molar-refractivity contribution in [3.05, 3.63) is 11.4 Å². The van der Waals surface area contributed by atoms with E-state index in [1.165, 1.54) is 4.31 Å². The molecule has 1 aromatic heterocycles. The van der Waals surface area contributed by atoms with Crippen LogP contribution in [0.15, 0.2) is 4.90 Å². The lowest BCUT2D eigenvalue weighted by Crippen LogP contribution is -2.35. The van der Waals surface area contributed by atoms with Crippen molar-refractivity contribution in [2.75, 3.05) is 12.9 Å². The molecule has 114 valence electrons. The molecule has 20 heavy (non-hydrogen) atoms. The van der Waals surface area contributed by atoms with Gasteiger partial charge in [0.05, 0.1) is 17.9 Å². The summed E-state index contributed by atoms with van der Waals surface area (Å²) in [6.07, 6.45) is 4.11. The van der Waals surface area contributed by atoms with Crippen LogP contribution in [0, 0.1) is 13.8 Å². The van der Waals surface area contributed by atoms with E-state index in [-0.39, 0.29) is 6.04 Å². The number of aryl methyl sites for hydroxylation is 2. The van der Waals surface area contributed by atoms with Gasteiger partial charge < -0.3 is 0 Å². The Balaban J connectivity index is 2.38. The fourth-order valence-corrected chi connectivity index (χ4v) is 4.90. The van der Waals surface area contributed by atoms with E-state index in [1.807, 2.05) is 0 Å². The van der Waals surface area contributed by atoms with Gasteiger partial charge in [0, 0.05) is 19.0 Å². The van der Waals surface area contributed by atoms with E-state index < -0.39 is 10.0 Å². The van der Waals surface area contributed by atoms with E-state index in [4.69, 9.17) is 11.6 Å². The molecule has 0 aromatic carbocycles. The molecule has 1 aliphatic carbocycles. The lowest BCUT2D eigenvalue weighted by molar-refractivity contribution is 0.372. The zero-order valence-electron chi connectivity index (χ0n) is 12.3. The molecule has 1 saturated carbocycles. The smallest absolute Gasteiger partial charge is 0.246 e. The molecule has 1 fully saturated rings. The van der Waals surface area contributed by atoms with Crippen LogP contribution in [0.3, 0.4) is 0 Å². The largest absolute Gasteiger partial charge is 0.267 e. The Morgan fingerprint density at radius 1 is 1.35 bits per heavy atom. The molecule has 7 heteroatoms. The molecule has 0 aliphatic heterocycles. The number of alkyl halides is 1. The number of sulfonamides is 1. The van der Waals surface area contributed by atoms with E-state index in [0.29, 0.717) is 28.7 Å². The third-order valence-corrected chi connectivity index (χ3v) is 6.42. The van der Waals surface area contributed by atoms with Crippen LogP contribution in [0.25, 0.3) is 0 Å². The van der Waals surface area contributed by atoms with Crippen molar-refractivity contribution < 1.29 is 8.42 Å². The van der Waals surface area contributed by atoms with Crippen molar-refractivity contribution in [2.24, 2.45) is 0 Å². The average Bonchev–Trinajstić information content (AvgIpc) is 2.98. The fraction of sp³-hybridized carbons (Fsp3) is 0.769. The number of halogens is 1. The molecule has 0 amide bonds. The van der Waals surface area contributed by atoms with Crippen molar-refractivity contribution in [3.8, 4) is 0 Å². The van der Waals surface area contributed by atoms with E-state index in [2.05, 4.69) is 5.10 Å². The van der Waals surface area contributed by atoms with Gasteiger partial charge in [0.15, 0.2) is 0 Å². The molecule has 2 rings (SSSR count). The Hall–Kier alpha value is -0.590. The summed E-state index contributed by atoms with van der Waals surface area (Å²) in [4.78, 5) is 0.344. The van der Waals surface area contributed by atoms with Crippen molar-refractivity contribution in [3.63, 3.8) is 0 Å². The molecule has 5 nitrogen and oxygen atoms in total. The van der Waals surface area contributed by atoms with Crippen LogP contribution in [0.2, 0.25) is 0 Å². The molecule has 0 radical (unpaired) electrons. The summed E-state index contributed by atoms with van der Waals surface area (Å²) in [6.45, 7) is 4.06. The van der Waals surface area contributed by atoms with Gasteiger partial charge in [-0.05, 0) is 26.7 Å². The van der Waals surface area contributed by atoms with Gasteiger partial charge in [0.2, 0.25) is 10.0 Å². The van der Waals surface area contributed by atoms with Gasteiger partial charge in [-0.3, -0.25) is 4.68 Å². The molecule has 1 aliphatic rings. The lowest BCUT2D eigenvalue weighted by atomic mass is 10.3. The van der Waals surface area contributed by atoms with Gasteiger partial charge in [0.25, 0.3) is 0 Å². The van der Waals surface area contributed by atoms with Crippen LogP contribution in [0.4, 0.5) is 0 Å². The monoisotopic (exact) mass is 319 g/mol. The maximum atomic E-state index is 12.8. The SMILES string of the molecule is Cc1nn(CCCl)c(C)c1S(=O)(=O)N(C)C1CCCC1. The van der Waals surface area contributed by atoms with Crippen molar-refractivity contribution in [1.82, 2.24) is 14.1 Å². The van der Waals surface area contributed by atoms with Crippen LogP contribution < -0.4 is 0 Å². The third kappa shape index (κ3) is 2.73. The summed E-state index contributed by atoms with van der Waals surface area (Å²) in [7, 11) is -1.79. The summed E-state index contributed by atoms with van der Waals surface area (Å²) in [5.41, 5.74) is 1.23. The molecular weight excluding hydrogens is 298 g/mol. The number of aromatic nitrogens is 2. The molecule has 1 aromatic rings. The van der Waals surface area contributed by atoms with E-state index in [9.17, 15) is 8.42 Å². The highest BCUT2D eigenvalue weighted by molar-refractivity contribution is 7.89. The number of hydrogen-bond acceptors (Lipinski definition) is 3. The minimum Gasteiger partial charge on any atom is -0.267 e. The van der Waals surface area contributed by atoms with Crippen LogP contribution in [0.5, 0.6) is 0 Å². The lowest BCUT2D eigenvalue weighted by Gasteiger charge is -2.23. The van der Waals surface area contributed by atoms with Crippen LogP contribution in [-0.2, 0) is 16.6 Å². The molecule has 0 bridgehead atoms. The van der Waals surface area contributed by atoms with Crippen LogP contribution in [-0.4, -0.2) is 41.5 Å². The van der Waals surface area contributed by atoms with Gasteiger partial charge in [-0.15, -0.1) is 11.6 Å². The minimum atomic E-state index is -3.47. The predicted octanol–water partition coefficient (Wildman–Crippen LogP) is 2.30.